The van der Waals surface area contributed by atoms with Crippen LogP contribution in [0.1, 0.15) is 53.9 Å². The van der Waals surface area contributed by atoms with Crippen LogP contribution in [0.2, 0.25) is 5.02 Å². The Morgan fingerprint density at radius 2 is 1.55 bits per heavy atom. The standard InChI is InChI=1S/C38H40ClF3N2O3/c39-37-31(14-7-17-35(37)38(40,41)42)26-43(27-34(29-10-3-1-4-11-29)30-12-5-2-6-13-30)20-9-23-47-33-16-8-15-32(25-33)44-21-18-28(19-22-44)24-36(45)46/h1-8,10-17,25,28,34H,9,18-24,26-27H2,(H,45,46). The number of carboxylic acid groups (broad SMARTS) is 1. The minimum atomic E-state index is -4.54. The van der Waals surface area contributed by atoms with Gasteiger partial charge in [-0.2, -0.15) is 13.2 Å². The number of ether oxygens (including phenoxy) is 1. The number of halogens is 4. The first-order valence-corrected chi connectivity index (χ1v) is 16.4. The van der Waals surface area contributed by atoms with Crippen LogP contribution in [-0.2, 0) is 17.5 Å². The number of carbonyl (C=O) groups is 1. The normalized spacial score (nSPS) is 14.1. The van der Waals surface area contributed by atoms with E-state index in [1.54, 1.807) is 6.07 Å². The summed E-state index contributed by atoms with van der Waals surface area (Å²) in [5, 5.41) is 8.85. The largest absolute Gasteiger partial charge is 0.493 e. The van der Waals surface area contributed by atoms with Crippen LogP contribution in [0.5, 0.6) is 5.75 Å². The van der Waals surface area contributed by atoms with Crippen LogP contribution in [0.3, 0.4) is 0 Å². The van der Waals surface area contributed by atoms with Crippen molar-refractivity contribution in [2.75, 3.05) is 37.7 Å². The van der Waals surface area contributed by atoms with Gasteiger partial charge in [0.1, 0.15) is 5.75 Å². The zero-order valence-electron chi connectivity index (χ0n) is 26.2. The first-order valence-electron chi connectivity index (χ1n) is 16.0. The molecule has 0 saturated carbocycles. The Hall–Kier alpha value is -4.01. The Morgan fingerprint density at radius 3 is 2.17 bits per heavy atom. The van der Waals surface area contributed by atoms with Crippen molar-refractivity contribution < 1.29 is 27.8 Å². The van der Waals surface area contributed by atoms with E-state index in [-0.39, 0.29) is 29.8 Å². The molecular weight excluding hydrogens is 625 g/mol. The van der Waals surface area contributed by atoms with E-state index < -0.39 is 17.7 Å². The molecule has 4 aromatic rings. The maximum atomic E-state index is 13.7. The molecule has 1 saturated heterocycles. The van der Waals surface area contributed by atoms with Gasteiger partial charge in [-0.25, -0.2) is 0 Å². The van der Waals surface area contributed by atoms with Crippen LogP contribution in [-0.4, -0.2) is 48.8 Å². The maximum absolute atomic E-state index is 13.7. The molecular formula is C38H40ClF3N2O3. The van der Waals surface area contributed by atoms with Gasteiger partial charge < -0.3 is 14.7 Å². The number of nitrogens with zero attached hydrogens (tertiary/aromatic N) is 2. The second kappa shape index (κ2) is 16.2. The van der Waals surface area contributed by atoms with E-state index >= 15 is 0 Å². The van der Waals surface area contributed by atoms with Crippen molar-refractivity contribution in [2.24, 2.45) is 5.92 Å². The fourth-order valence-corrected chi connectivity index (χ4v) is 6.61. The summed E-state index contributed by atoms with van der Waals surface area (Å²) in [5.74, 6) is 0.208. The highest BCUT2D eigenvalue weighted by atomic mass is 35.5. The van der Waals surface area contributed by atoms with Gasteiger partial charge in [-0.1, -0.05) is 90.5 Å². The number of aliphatic carboxylic acids is 1. The molecule has 0 amide bonds. The van der Waals surface area contributed by atoms with Crippen molar-refractivity contribution >= 4 is 23.3 Å². The number of rotatable bonds is 14. The predicted molar refractivity (Wildman–Crippen MR) is 180 cm³/mol. The van der Waals surface area contributed by atoms with E-state index in [1.165, 1.54) is 6.07 Å². The Balaban J connectivity index is 1.28. The smallest absolute Gasteiger partial charge is 0.417 e. The van der Waals surface area contributed by atoms with Gasteiger partial charge in [-0.15, -0.1) is 0 Å². The molecule has 0 spiro atoms. The van der Waals surface area contributed by atoms with Crippen LogP contribution in [0.25, 0.3) is 0 Å². The molecule has 1 N–H and O–H groups in total. The van der Waals surface area contributed by atoms with Gasteiger partial charge in [0.25, 0.3) is 0 Å². The monoisotopic (exact) mass is 664 g/mol. The number of piperidine rings is 1. The Morgan fingerprint density at radius 1 is 0.915 bits per heavy atom. The average molecular weight is 665 g/mol. The molecule has 248 valence electrons. The summed E-state index contributed by atoms with van der Waals surface area (Å²) >= 11 is 6.36. The third-order valence-electron chi connectivity index (χ3n) is 8.77. The molecule has 1 fully saturated rings. The van der Waals surface area contributed by atoms with Crippen molar-refractivity contribution in [3.8, 4) is 5.75 Å². The van der Waals surface area contributed by atoms with Crippen LogP contribution >= 0.6 is 11.6 Å². The molecule has 1 heterocycles. The molecule has 4 aromatic carbocycles. The molecule has 0 aliphatic carbocycles. The molecule has 5 rings (SSSR count). The maximum Gasteiger partial charge on any atom is 0.417 e. The van der Waals surface area contributed by atoms with E-state index in [2.05, 4.69) is 34.1 Å². The lowest BCUT2D eigenvalue weighted by Crippen LogP contribution is -2.34. The fraction of sp³-hybridized carbons (Fsp3) is 0.342. The summed E-state index contributed by atoms with van der Waals surface area (Å²) in [7, 11) is 0. The quantitative estimate of drug-likeness (QED) is 0.136. The number of alkyl halides is 3. The average Bonchev–Trinajstić information content (AvgIpc) is 3.06. The van der Waals surface area contributed by atoms with Gasteiger partial charge in [0, 0.05) is 56.8 Å². The van der Waals surface area contributed by atoms with Crippen molar-refractivity contribution in [2.45, 2.75) is 44.3 Å². The van der Waals surface area contributed by atoms with Gasteiger partial charge in [0.15, 0.2) is 0 Å². The topological polar surface area (TPSA) is 53.0 Å². The first kappa shape index (κ1) is 34.3. The van der Waals surface area contributed by atoms with E-state index in [9.17, 15) is 18.0 Å². The second-order valence-corrected chi connectivity index (χ2v) is 12.5. The molecule has 1 aliphatic heterocycles. The third kappa shape index (κ3) is 9.75. The van der Waals surface area contributed by atoms with Crippen molar-refractivity contribution in [1.29, 1.82) is 0 Å². The van der Waals surface area contributed by atoms with E-state index in [0.29, 0.717) is 31.7 Å². The molecule has 0 aromatic heterocycles. The molecule has 1 aliphatic rings. The number of hydrogen-bond donors (Lipinski definition) is 1. The number of hydrogen-bond acceptors (Lipinski definition) is 4. The Kier molecular flexibility index (Phi) is 11.8. The lowest BCUT2D eigenvalue weighted by atomic mass is 9.90. The minimum absolute atomic E-state index is 0.000728. The van der Waals surface area contributed by atoms with Crippen molar-refractivity contribution in [1.82, 2.24) is 4.90 Å². The third-order valence-corrected chi connectivity index (χ3v) is 9.22. The molecule has 0 unspecified atom stereocenters. The lowest BCUT2D eigenvalue weighted by molar-refractivity contribution is -0.138. The fourth-order valence-electron chi connectivity index (χ4n) is 6.32. The van der Waals surface area contributed by atoms with Gasteiger partial charge in [-0.3, -0.25) is 9.69 Å². The summed E-state index contributed by atoms with van der Waals surface area (Å²) < 4.78 is 47.3. The molecule has 0 bridgehead atoms. The van der Waals surface area contributed by atoms with Crippen LogP contribution in [0.15, 0.2) is 103 Å². The van der Waals surface area contributed by atoms with E-state index in [1.807, 2.05) is 60.7 Å². The summed E-state index contributed by atoms with van der Waals surface area (Å²) in [5.41, 5.74) is 2.90. The van der Waals surface area contributed by atoms with Crippen LogP contribution in [0, 0.1) is 5.92 Å². The lowest BCUT2D eigenvalue weighted by Gasteiger charge is -2.33. The summed E-state index contributed by atoms with van der Waals surface area (Å²) in [4.78, 5) is 15.5. The van der Waals surface area contributed by atoms with Crippen LogP contribution < -0.4 is 9.64 Å². The van der Waals surface area contributed by atoms with Gasteiger partial charge >= 0.3 is 12.1 Å². The van der Waals surface area contributed by atoms with E-state index in [0.717, 1.165) is 54.6 Å². The van der Waals surface area contributed by atoms with Crippen molar-refractivity contribution in [3.63, 3.8) is 0 Å². The second-order valence-electron chi connectivity index (χ2n) is 12.1. The summed E-state index contributed by atoms with van der Waals surface area (Å²) in [6.45, 7) is 3.45. The van der Waals surface area contributed by atoms with E-state index in [4.69, 9.17) is 21.4 Å². The highest BCUT2D eigenvalue weighted by Gasteiger charge is 2.34. The number of benzene rings is 4. The zero-order valence-corrected chi connectivity index (χ0v) is 27.0. The highest BCUT2D eigenvalue weighted by Crippen LogP contribution is 2.37. The highest BCUT2D eigenvalue weighted by molar-refractivity contribution is 6.32. The number of carboxylic acids is 1. The first-order chi connectivity index (χ1) is 22.7. The zero-order chi connectivity index (χ0) is 33.2. The molecule has 0 atom stereocenters. The Labute approximate surface area is 279 Å². The minimum Gasteiger partial charge on any atom is -0.493 e. The van der Waals surface area contributed by atoms with Crippen molar-refractivity contribution in [3.05, 3.63) is 130 Å². The molecule has 9 heteroatoms. The summed E-state index contributed by atoms with van der Waals surface area (Å²) in [6.07, 6.45) is -1.99. The SMILES string of the molecule is O=C(O)CC1CCN(c2cccc(OCCCN(Cc3cccc(C(F)(F)F)c3Cl)CC(c3ccccc3)c3ccccc3)c2)CC1. The molecule has 47 heavy (non-hydrogen) atoms. The number of anilines is 1. The van der Waals surface area contributed by atoms with Gasteiger partial charge in [0.2, 0.25) is 0 Å². The van der Waals surface area contributed by atoms with Crippen LogP contribution in [0.4, 0.5) is 18.9 Å². The molecule has 0 radical (unpaired) electrons. The van der Waals surface area contributed by atoms with Gasteiger partial charge in [-0.05, 0) is 60.1 Å². The summed E-state index contributed by atoms with van der Waals surface area (Å²) in [6, 6.07) is 32.3. The molecule has 5 nitrogen and oxygen atoms in total. The Bertz CT molecular complexity index is 1540. The van der Waals surface area contributed by atoms with Gasteiger partial charge in [0.05, 0.1) is 17.2 Å². The predicted octanol–water partition coefficient (Wildman–Crippen LogP) is 9.15.